The molecule has 2 aromatic heterocycles. The summed E-state index contributed by atoms with van der Waals surface area (Å²) in [6, 6.07) is 0. The number of rotatable bonds is 4. The number of aromatic nitrogens is 4. The third-order valence-corrected chi connectivity index (χ3v) is 4.30. The average molecular weight is 319 g/mol. The quantitative estimate of drug-likeness (QED) is 0.480. The Balaban J connectivity index is 2.32. The Hall–Kier alpha value is -1.52. The molecule has 2 rings (SSSR count). The fourth-order valence-corrected chi connectivity index (χ4v) is 3.08. The van der Waals surface area contributed by atoms with E-state index in [1.54, 1.807) is 4.90 Å². The second kappa shape index (κ2) is 5.63. The molecular formula is C8H7ClN6O2S2. The van der Waals surface area contributed by atoms with Crippen LogP contribution in [0.5, 0.6) is 0 Å². The number of nitrogens with zero attached hydrogens (tertiary/aromatic N) is 6. The minimum absolute atomic E-state index is 0.145. The highest BCUT2D eigenvalue weighted by atomic mass is 35.5. The summed E-state index contributed by atoms with van der Waals surface area (Å²) < 4.78 is 0.543. The lowest BCUT2D eigenvalue weighted by molar-refractivity contribution is -0.388. The van der Waals surface area contributed by atoms with Gasteiger partial charge in [-0.15, -0.1) is 10.2 Å². The lowest BCUT2D eigenvalue weighted by Gasteiger charge is -2.03. The summed E-state index contributed by atoms with van der Waals surface area (Å²) in [7, 11) is 3.66. The Morgan fingerprint density at radius 3 is 2.74 bits per heavy atom. The summed E-state index contributed by atoms with van der Waals surface area (Å²) in [6.45, 7) is 0. The predicted octanol–water partition coefficient (Wildman–Crippen LogP) is 2.11. The van der Waals surface area contributed by atoms with Crippen LogP contribution in [0.2, 0.25) is 5.15 Å². The van der Waals surface area contributed by atoms with E-state index in [0.717, 1.165) is 11.8 Å². The van der Waals surface area contributed by atoms with Gasteiger partial charge in [-0.2, -0.15) is 0 Å². The molecule has 0 saturated heterocycles. The van der Waals surface area contributed by atoms with Crippen molar-refractivity contribution in [3.05, 3.63) is 21.6 Å². The fraction of sp³-hybridized carbons (Fsp3) is 0.250. The van der Waals surface area contributed by atoms with Gasteiger partial charge in [-0.05, 0) is 11.8 Å². The van der Waals surface area contributed by atoms with E-state index in [4.69, 9.17) is 11.6 Å². The highest BCUT2D eigenvalue weighted by molar-refractivity contribution is 8.01. The molecular weight excluding hydrogens is 312 g/mol. The fourth-order valence-electron chi connectivity index (χ4n) is 1.08. The van der Waals surface area contributed by atoms with Gasteiger partial charge in [0.25, 0.3) is 0 Å². The monoisotopic (exact) mass is 318 g/mol. The van der Waals surface area contributed by atoms with Crippen molar-refractivity contribution < 1.29 is 4.92 Å². The van der Waals surface area contributed by atoms with Crippen LogP contribution in [0.15, 0.2) is 15.7 Å². The lowest BCUT2D eigenvalue weighted by Crippen LogP contribution is -2.07. The predicted molar refractivity (Wildman–Crippen MR) is 72.1 cm³/mol. The Labute approximate surface area is 121 Å². The molecule has 100 valence electrons. The Morgan fingerprint density at radius 1 is 1.42 bits per heavy atom. The summed E-state index contributed by atoms with van der Waals surface area (Å²) in [6.07, 6.45) is 1.17. The first-order valence-corrected chi connectivity index (χ1v) is 6.83. The van der Waals surface area contributed by atoms with Crippen molar-refractivity contribution >= 4 is 45.5 Å². The van der Waals surface area contributed by atoms with Gasteiger partial charge in [0.1, 0.15) is 6.33 Å². The highest BCUT2D eigenvalue weighted by Crippen LogP contribution is 2.38. The first-order valence-electron chi connectivity index (χ1n) is 4.82. The maximum Gasteiger partial charge on any atom is 0.338 e. The van der Waals surface area contributed by atoms with E-state index in [1.165, 1.54) is 17.7 Å². The van der Waals surface area contributed by atoms with Crippen molar-refractivity contribution in [2.24, 2.45) is 0 Å². The van der Waals surface area contributed by atoms with E-state index < -0.39 is 4.92 Å². The number of anilines is 1. The van der Waals surface area contributed by atoms with E-state index in [-0.39, 0.29) is 15.9 Å². The van der Waals surface area contributed by atoms with Crippen LogP contribution in [0.3, 0.4) is 0 Å². The van der Waals surface area contributed by atoms with Crippen LogP contribution in [0.4, 0.5) is 10.8 Å². The summed E-state index contributed by atoms with van der Waals surface area (Å²) in [5.41, 5.74) is -0.323. The molecule has 0 amide bonds. The molecule has 0 N–H and O–H groups in total. The van der Waals surface area contributed by atoms with Crippen molar-refractivity contribution in [2.45, 2.75) is 9.37 Å². The molecule has 0 aliphatic carbocycles. The van der Waals surface area contributed by atoms with E-state index in [9.17, 15) is 10.1 Å². The van der Waals surface area contributed by atoms with Crippen molar-refractivity contribution in [1.29, 1.82) is 0 Å². The minimum atomic E-state index is -0.613. The van der Waals surface area contributed by atoms with E-state index in [1.807, 2.05) is 14.1 Å². The average Bonchev–Trinajstić information content (AvgIpc) is 2.77. The number of halogens is 1. The van der Waals surface area contributed by atoms with Gasteiger partial charge in [-0.3, -0.25) is 10.1 Å². The Kier molecular flexibility index (Phi) is 4.12. The molecule has 0 aliphatic rings. The molecule has 0 bridgehead atoms. The standard InChI is InChI=1S/C8H7ClN6O2S2/c1-14(2)7-12-13-8(19-7)18-6-4(15(16)17)5(9)10-3-11-6/h3H,1-2H3. The molecule has 8 nitrogen and oxygen atoms in total. The maximum atomic E-state index is 10.9. The van der Waals surface area contributed by atoms with Crippen molar-refractivity contribution in [3.8, 4) is 0 Å². The van der Waals surface area contributed by atoms with Crippen LogP contribution in [0.1, 0.15) is 0 Å². The summed E-state index contributed by atoms with van der Waals surface area (Å²) >= 11 is 8.04. The largest absolute Gasteiger partial charge is 0.353 e. The van der Waals surface area contributed by atoms with Gasteiger partial charge in [-0.25, -0.2) is 9.97 Å². The molecule has 11 heteroatoms. The molecule has 0 radical (unpaired) electrons. The van der Waals surface area contributed by atoms with Crippen LogP contribution >= 0.6 is 34.7 Å². The van der Waals surface area contributed by atoms with Gasteiger partial charge >= 0.3 is 5.69 Å². The van der Waals surface area contributed by atoms with Gasteiger partial charge in [0.05, 0.1) is 4.92 Å². The highest BCUT2D eigenvalue weighted by Gasteiger charge is 2.23. The van der Waals surface area contributed by atoms with Crippen LogP contribution in [-0.2, 0) is 0 Å². The lowest BCUT2D eigenvalue weighted by atomic mass is 10.5. The number of hydrogen-bond donors (Lipinski definition) is 0. The molecule has 2 heterocycles. The first-order chi connectivity index (χ1) is 8.99. The smallest absolute Gasteiger partial charge is 0.338 e. The molecule has 0 fully saturated rings. The molecule has 0 atom stereocenters. The normalized spacial score (nSPS) is 10.5. The van der Waals surface area contributed by atoms with Crippen molar-refractivity contribution in [1.82, 2.24) is 20.2 Å². The topological polar surface area (TPSA) is 97.9 Å². The number of nitro groups is 1. The van der Waals surface area contributed by atoms with Crippen molar-refractivity contribution in [2.75, 3.05) is 19.0 Å². The van der Waals surface area contributed by atoms with Gasteiger partial charge < -0.3 is 4.90 Å². The molecule has 2 aromatic rings. The number of hydrogen-bond acceptors (Lipinski definition) is 9. The molecule has 0 saturated carbocycles. The van der Waals surface area contributed by atoms with Crippen LogP contribution in [0, 0.1) is 10.1 Å². The second-order valence-electron chi connectivity index (χ2n) is 3.42. The third kappa shape index (κ3) is 3.08. The van der Waals surface area contributed by atoms with Gasteiger partial charge in [0.2, 0.25) is 10.3 Å². The molecule has 0 aromatic carbocycles. The first kappa shape index (κ1) is 13.9. The van der Waals surface area contributed by atoms with Gasteiger partial charge in [-0.1, -0.05) is 22.9 Å². The molecule has 0 aliphatic heterocycles. The van der Waals surface area contributed by atoms with Crippen LogP contribution < -0.4 is 4.90 Å². The molecule has 0 spiro atoms. The zero-order valence-electron chi connectivity index (χ0n) is 9.77. The van der Waals surface area contributed by atoms with Gasteiger partial charge in [0.15, 0.2) is 9.37 Å². The summed E-state index contributed by atoms with van der Waals surface area (Å²) in [4.78, 5) is 19.6. The Bertz CT molecular complexity index is 619. The SMILES string of the molecule is CN(C)c1nnc(Sc2ncnc(Cl)c2[N+](=O)[O-])s1. The zero-order chi connectivity index (χ0) is 14.0. The zero-order valence-corrected chi connectivity index (χ0v) is 12.2. The van der Waals surface area contributed by atoms with E-state index >= 15 is 0 Å². The Morgan fingerprint density at radius 2 is 2.16 bits per heavy atom. The van der Waals surface area contributed by atoms with E-state index in [2.05, 4.69) is 20.2 Å². The van der Waals surface area contributed by atoms with Crippen molar-refractivity contribution in [3.63, 3.8) is 0 Å². The maximum absolute atomic E-state index is 10.9. The molecule has 0 unspecified atom stereocenters. The minimum Gasteiger partial charge on any atom is -0.353 e. The van der Waals surface area contributed by atoms with Gasteiger partial charge in [0, 0.05) is 14.1 Å². The van der Waals surface area contributed by atoms with Crippen LogP contribution in [0.25, 0.3) is 0 Å². The third-order valence-electron chi connectivity index (χ3n) is 1.89. The molecule has 19 heavy (non-hydrogen) atoms. The van der Waals surface area contributed by atoms with E-state index in [0.29, 0.717) is 9.47 Å². The summed E-state index contributed by atoms with van der Waals surface area (Å²) in [5.74, 6) is 0. The summed E-state index contributed by atoms with van der Waals surface area (Å²) in [5, 5.41) is 19.4. The van der Waals surface area contributed by atoms with Crippen LogP contribution in [-0.4, -0.2) is 39.2 Å². The second-order valence-corrected chi connectivity index (χ2v) is 5.97.